The number of anilines is 4. The second-order valence-electron chi connectivity index (χ2n) is 20.5. The van der Waals surface area contributed by atoms with Gasteiger partial charge in [-0.25, -0.2) is 16.8 Å². The molecule has 2 N–H and O–H groups in total. The van der Waals surface area contributed by atoms with Crippen LogP contribution >= 0.6 is 0 Å². The molecule has 4 aromatic carbocycles. The standard InChI is InChI=1S/2C30H46N2O3S.Ca/c2*1-2-3-4-5-6-7-8-9-10-11-12-13-14-18-24-29-31-30-27(22-19-23-28(30)36(33,34)35)32(29)25-26-20-16-15-17-21-26;/h2*15-17,19-23,29,31H,2-14,18,24-25H2,1H3,(H,33,34,35);/q;;+2/p-2. The van der Waals surface area contributed by atoms with Gasteiger partial charge in [0.1, 0.15) is 20.2 Å². The molecule has 10 nitrogen and oxygen atoms in total. The van der Waals surface area contributed by atoms with Crippen molar-refractivity contribution in [1.29, 1.82) is 0 Å². The molecule has 2 unspecified atom stereocenters. The first-order valence-electron chi connectivity index (χ1n) is 28.3. The minimum absolute atomic E-state index is 0. The van der Waals surface area contributed by atoms with Gasteiger partial charge in [-0.05, 0) is 61.1 Å². The molecule has 400 valence electrons. The van der Waals surface area contributed by atoms with Crippen molar-refractivity contribution in [3.05, 3.63) is 108 Å². The predicted molar refractivity (Wildman–Crippen MR) is 304 cm³/mol. The Morgan fingerprint density at radius 1 is 0.384 bits per heavy atom. The molecule has 2 atom stereocenters. The van der Waals surface area contributed by atoms with Crippen LogP contribution in [-0.2, 0) is 33.3 Å². The summed E-state index contributed by atoms with van der Waals surface area (Å²) in [5.74, 6) is 0. The Morgan fingerprint density at radius 3 is 0.932 bits per heavy atom. The van der Waals surface area contributed by atoms with Crippen LogP contribution in [0.15, 0.2) is 107 Å². The molecule has 0 spiro atoms. The van der Waals surface area contributed by atoms with E-state index >= 15 is 0 Å². The maximum Gasteiger partial charge on any atom is 2.00 e. The third-order valence-electron chi connectivity index (χ3n) is 14.6. The molecule has 0 aromatic heterocycles. The number of hydrogen-bond donors (Lipinski definition) is 2. The number of para-hydroxylation sites is 2. The number of fused-ring (bicyclic) bond motifs is 2. The normalized spacial score (nSPS) is 15.0. The van der Waals surface area contributed by atoms with E-state index in [-0.39, 0.29) is 59.9 Å². The topological polar surface area (TPSA) is 145 Å². The summed E-state index contributed by atoms with van der Waals surface area (Å²) in [6.45, 7) is 5.88. The second kappa shape index (κ2) is 35.5. The molecule has 2 aliphatic rings. The zero-order chi connectivity index (χ0) is 51.3. The van der Waals surface area contributed by atoms with Crippen LogP contribution in [0.1, 0.15) is 218 Å². The number of benzene rings is 4. The van der Waals surface area contributed by atoms with Crippen molar-refractivity contribution in [1.82, 2.24) is 0 Å². The summed E-state index contributed by atoms with van der Waals surface area (Å²) in [6, 6.07) is 30.3. The molecule has 73 heavy (non-hydrogen) atoms. The van der Waals surface area contributed by atoms with Crippen LogP contribution < -0.4 is 20.4 Å². The number of nitrogens with one attached hydrogen (secondary N) is 2. The van der Waals surface area contributed by atoms with Gasteiger partial charge in [0, 0.05) is 13.1 Å². The summed E-state index contributed by atoms with van der Waals surface area (Å²) in [4.78, 5) is 4.12. The Balaban J connectivity index is 0.000000312. The maximum atomic E-state index is 11.8. The quantitative estimate of drug-likeness (QED) is 0.0256. The first-order chi connectivity index (χ1) is 35.0. The average Bonchev–Trinajstić information content (AvgIpc) is 3.90. The van der Waals surface area contributed by atoms with Crippen LogP contribution in [-0.4, -0.2) is 76.0 Å². The minimum atomic E-state index is -4.54. The Bertz CT molecular complexity index is 2160. The van der Waals surface area contributed by atoms with Gasteiger partial charge in [0.25, 0.3) is 0 Å². The number of unbranched alkanes of at least 4 members (excludes halogenated alkanes) is 26. The Labute approximate surface area is 473 Å². The van der Waals surface area contributed by atoms with Gasteiger partial charge >= 0.3 is 37.7 Å². The summed E-state index contributed by atoms with van der Waals surface area (Å²) in [7, 11) is -9.07. The van der Waals surface area contributed by atoms with Gasteiger partial charge < -0.3 is 29.5 Å². The van der Waals surface area contributed by atoms with Crippen LogP contribution in [0.3, 0.4) is 0 Å². The predicted octanol–water partition coefficient (Wildman–Crippen LogP) is 16.1. The Hall–Kier alpha value is -2.84. The molecule has 0 amide bonds. The molecule has 0 radical (unpaired) electrons. The first-order valence-corrected chi connectivity index (χ1v) is 31.1. The van der Waals surface area contributed by atoms with Crippen LogP contribution in [0.25, 0.3) is 0 Å². The van der Waals surface area contributed by atoms with E-state index in [0.29, 0.717) is 24.5 Å². The van der Waals surface area contributed by atoms with Crippen molar-refractivity contribution >= 4 is 80.7 Å². The fourth-order valence-electron chi connectivity index (χ4n) is 10.5. The Morgan fingerprint density at radius 2 is 0.658 bits per heavy atom. The minimum Gasteiger partial charge on any atom is -0.744 e. The third-order valence-corrected chi connectivity index (χ3v) is 16.4. The van der Waals surface area contributed by atoms with Crippen LogP contribution in [0.4, 0.5) is 22.7 Å². The molecular weight excluding hydrogens is 977 g/mol. The van der Waals surface area contributed by atoms with E-state index in [0.717, 1.165) is 48.2 Å². The summed E-state index contributed by atoms with van der Waals surface area (Å²) in [5.41, 5.74) is 4.83. The fraction of sp³-hybridized carbons (Fsp3) is 0.600. The van der Waals surface area contributed by atoms with E-state index in [1.54, 1.807) is 12.1 Å². The van der Waals surface area contributed by atoms with Gasteiger partial charge in [0.15, 0.2) is 0 Å². The summed E-state index contributed by atoms with van der Waals surface area (Å²) in [5, 5.41) is 6.75. The average molecular weight is 1070 g/mol. The van der Waals surface area contributed by atoms with Gasteiger partial charge in [0.05, 0.1) is 44.9 Å². The van der Waals surface area contributed by atoms with E-state index in [9.17, 15) is 25.9 Å². The monoisotopic (exact) mass is 1070 g/mol. The maximum absolute atomic E-state index is 11.8. The molecule has 0 fully saturated rings. The number of hydrogen-bond acceptors (Lipinski definition) is 10. The fourth-order valence-corrected chi connectivity index (χ4v) is 11.8. The molecule has 0 saturated heterocycles. The zero-order valence-electron chi connectivity index (χ0n) is 44.9. The zero-order valence-corrected chi connectivity index (χ0v) is 48.7. The largest absolute Gasteiger partial charge is 2.00 e. The van der Waals surface area contributed by atoms with E-state index in [2.05, 4.69) is 58.5 Å². The number of nitrogens with zero attached hydrogens (tertiary/aromatic N) is 2. The molecule has 13 heteroatoms. The molecule has 0 aliphatic carbocycles. The van der Waals surface area contributed by atoms with Gasteiger partial charge in [0.2, 0.25) is 0 Å². The summed E-state index contributed by atoms with van der Waals surface area (Å²) >= 11 is 0. The van der Waals surface area contributed by atoms with Crippen LogP contribution in [0, 0.1) is 0 Å². The smallest absolute Gasteiger partial charge is 0.744 e. The van der Waals surface area contributed by atoms with E-state index in [1.807, 2.05) is 48.5 Å². The van der Waals surface area contributed by atoms with Gasteiger partial charge in [-0.3, -0.25) is 0 Å². The number of rotatable bonds is 36. The Kier molecular flexibility index (Phi) is 30.5. The SMILES string of the molecule is CCCCCCCCCCCCCCCCC1Nc2c(cccc2S(=O)(=O)[O-])N1Cc1ccccc1.CCCCCCCCCCCCCCCCC1Nc2c(cccc2S(=O)(=O)[O-])N1Cc1ccccc1.[Ca+2]. The van der Waals surface area contributed by atoms with Crippen LogP contribution in [0.5, 0.6) is 0 Å². The van der Waals surface area contributed by atoms with E-state index in [4.69, 9.17) is 0 Å². The van der Waals surface area contributed by atoms with E-state index < -0.39 is 20.2 Å². The summed E-state index contributed by atoms with van der Waals surface area (Å²) in [6.07, 6.45) is 38.9. The molecule has 0 saturated carbocycles. The molecule has 4 aromatic rings. The molecule has 0 bridgehead atoms. The van der Waals surface area contributed by atoms with Crippen molar-refractivity contribution in [2.75, 3.05) is 20.4 Å². The summed E-state index contributed by atoms with van der Waals surface area (Å²) < 4.78 is 71.1. The van der Waals surface area contributed by atoms with Crippen molar-refractivity contribution in [2.45, 2.75) is 242 Å². The first kappa shape index (κ1) is 62.7. The van der Waals surface area contributed by atoms with Crippen LogP contribution in [0.2, 0.25) is 0 Å². The van der Waals surface area contributed by atoms with Crippen molar-refractivity contribution < 1.29 is 25.9 Å². The van der Waals surface area contributed by atoms with Gasteiger partial charge in [-0.1, -0.05) is 254 Å². The molecule has 6 rings (SSSR count). The van der Waals surface area contributed by atoms with E-state index in [1.165, 1.54) is 179 Å². The van der Waals surface area contributed by atoms with Crippen molar-refractivity contribution in [2.24, 2.45) is 0 Å². The van der Waals surface area contributed by atoms with Crippen molar-refractivity contribution in [3.8, 4) is 0 Å². The third kappa shape index (κ3) is 22.7. The van der Waals surface area contributed by atoms with Crippen molar-refractivity contribution in [3.63, 3.8) is 0 Å². The molecular formula is C60H90CaN4O6S2. The molecule has 2 aliphatic heterocycles. The second-order valence-corrected chi connectivity index (χ2v) is 23.2. The van der Waals surface area contributed by atoms with Gasteiger partial charge in [-0.2, -0.15) is 0 Å². The van der Waals surface area contributed by atoms with Gasteiger partial charge in [-0.15, -0.1) is 0 Å². The molecule has 2 heterocycles.